The van der Waals surface area contributed by atoms with Crippen molar-refractivity contribution >= 4 is 15.9 Å². The summed E-state index contributed by atoms with van der Waals surface area (Å²) >= 11 is 0. The SMILES string of the molecule is NS(=O)(=O)c1ccc(C(=O)N2CCCC2c2cccc(F)c2)cc1. The van der Waals surface area contributed by atoms with Crippen LogP contribution < -0.4 is 5.14 Å². The molecule has 1 fully saturated rings. The first-order valence-corrected chi connectivity index (χ1v) is 9.10. The Morgan fingerprint density at radius 3 is 2.50 bits per heavy atom. The van der Waals surface area contributed by atoms with Gasteiger partial charge in [0.1, 0.15) is 5.82 Å². The number of nitrogens with zero attached hydrogens (tertiary/aromatic N) is 1. The van der Waals surface area contributed by atoms with Crippen LogP contribution in [0.1, 0.15) is 34.8 Å². The predicted octanol–water partition coefficient (Wildman–Crippen LogP) is 2.45. The van der Waals surface area contributed by atoms with E-state index in [0.717, 1.165) is 18.4 Å². The van der Waals surface area contributed by atoms with Crippen molar-refractivity contribution in [3.8, 4) is 0 Å². The second-order valence-electron chi connectivity index (χ2n) is 5.78. The molecule has 1 heterocycles. The second kappa shape index (κ2) is 6.33. The van der Waals surface area contributed by atoms with Crippen LogP contribution in [0.25, 0.3) is 0 Å². The molecule has 1 amide bonds. The van der Waals surface area contributed by atoms with Gasteiger partial charge in [-0.15, -0.1) is 0 Å². The number of rotatable bonds is 3. The van der Waals surface area contributed by atoms with E-state index in [1.54, 1.807) is 11.0 Å². The van der Waals surface area contributed by atoms with E-state index in [2.05, 4.69) is 0 Å². The van der Waals surface area contributed by atoms with Gasteiger partial charge in [-0.1, -0.05) is 12.1 Å². The third-order valence-electron chi connectivity index (χ3n) is 4.18. The highest BCUT2D eigenvalue weighted by Crippen LogP contribution is 2.33. The monoisotopic (exact) mass is 348 g/mol. The number of nitrogens with two attached hydrogens (primary N) is 1. The summed E-state index contributed by atoms with van der Waals surface area (Å²) in [4.78, 5) is 14.4. The minimum Gasteiger partial charge on any atom is -0.332 e. The molecular formula is C17H17FN2O3S. The second-order valence-corrected chi connectivity index (χ2v) is 7.34. The fourth-order valence-corrected chi connectivity index (χ4v) is 3.54. The number of halogens is 1. The number of sulfonamides is 1. The molecule has 0 spiro atoms. The minimum atomic E-state index is -3.79. The normalized spacial score (nSPS) is 17.9. The zero-order valence-corrected chi connectivity index (χ0v) is 13.7. The highest BCUT2D eigenvalue weighted by Gasteiger charge is 2.30. The van der Waals surface area contributed by atoms with Crippen LogP contribution in [-0.4, -0.2) is 25.8 Å². The molecule has 0 aliphatic carbocycles. The molecular weight excluding hydrogens is 331 g/mol. The van der Waals surface area contributed by atoms with Gasteiger partial charge in [0.15, 0.2) is 0 Å². The van der Waals surface area contributed by atoms with Gasteiger partial charge in [-0.2, -0.15) is 0 Å². The van der Waals surface area contributed by atoms with Gasteiger partial charge in [0.05, 0.1) is 10.9 Å². The first-order valence-electron chi connectivity index (χ1n) is 7.55. The van der Waals surface area contributed by atoms with Gasteiger partial charge in [0.2, 0.25) is 10.0 Å². The van der Waals surface area contributed by atoms with Gasteiger partial charge in [0.25, 0.3) is 5.91 Å². The summed E-state index contributed by atoms with van der Waals surface area (Å²) in [6, 6.07) is 11.6. The van der Waals surface area contributed by atoms with E-state index in [4.69, 9.17) is 5.14 Å². The summed E-state index contributed by atoms with van der Waals surface area (Å²) in [5.41, 5.74) is 1.15. The first-order chi connectivity index (χ1) is 11.4. The lowest BCUT2D eigenvalue weighted by Gasteiger charge is -2.25. The van der Waals surface area contributed by atoms with E-state index in [9.17, 15) is 17.6 Å². The number of benzene rings is 2. The quantitative estimate of drug-likeness (QED) is 0.925. The smallest absolute Gasteiger partial charge is 0.254 e. The van der Waals surface area contributed by atoms with Crippen LogP contribution in [0.5, 0.6) is 0 Å². The Balaban J connectivity index is 1.86. The third-order valence-corrected chi connectivity index (χ3v) is 5.11. The Labute approximate surface area is 139 Å². The molecule has 2 aromatic carbocycles. The topological polar surface area (TPSA) is 80.5 Å². The fourth-order valence-electron chi connectivity index (χ4n) is 3.02. The average Bonchev–Trinajstić information content (AvgIpc) is 3.03. The van der Waals surface area contributed by atoms with Gasteiger partial charge >= 0.3 is 0 Å². The van der Waals surface area contributed by atoms with Gasteiger partial charge in [-0.25, -0.2) is 17.9 Å². The van der Waals surface area contributed by atoms with Crippen LogP contribution >= 0.6 is 0 Å². The van der Waals surface area contributed by atoms with Crippen LogP contribution in [0.3, 0.4) is 0 Å². The number of carbonyl (C=O) groups is 1. The van der Waals surface area contributed by atoms with Crippen LogP contribution in [-0.2, 0) is 10.0 Å². The van der Waals surface area contributed by atoms with Crippen molar-refractivity contribution in [2.45, 2.75) is 23.8 Å². The first kappa shape index (κ1) is 16.6. The predicted molar refractivity (Wildman–Crippen MR) is 87.2 cm³/mol. The highest BCUT2D eigenvalue weighted by molar-refractivity contribution is 7.89. The number of likely N-dealkylation sites (tertiary alicyclic amines) is 1. The molecule has 0 bridgehead atoms. The highest BCUT2D eigenvalue weighted by atomic mass is 32.2. The maximum Gasteiger partial charge on any atom is 0.254 e. The Hall–Kier alpha value is -2.25. The molecule has 0 aromatic heterocycles. The van der Waals surface area contributed by atoms with Crippen molar-refractivity contribution in [2.75, 3.05) is 6.54 Å². The van der Waals surface area contributed by atoms with E-state index in [-0.39, 0.29) is 22.7 Å². The maximum absolute atomic E-state index is 13.5. The summed E-state index contributed by atoms with van der Waals surface area (Å²) in [5.74, 6) is -0.535. The zero-order chi connectivity index (χ0) is 17.3. The van der Waals surface area contributed by atoms with Crippen molar-refractivity contribution in [3.05, 3.63) is 65.5 Å². The third kappa shape index (κ3) is 3.32. The number of carbonyl (C=O) groups excluding carboxylic acids is 1. The molecule has 3 rings (SSSR count). The summed E-state index contributed by atoms with van der Waals surface area (Å²) < 4.78 is 36.0. The molecule has 1 unspecified atom stereocenters. The van der Waals surface area contributed by atoms with Crippen LogP contribution in [0.4, 0.5) is 4.39 Å². The number of amides is 1. The summed E-state index contributed by atoms with van der Waals surface area (Å²) in [6.07, 6.45) is 1.60. The molecule has 1 aliphatic rings. The number of hydrogen-bond acceptors (Lipinski definition) is 3. The lowest BCUT2D eigenvalue weighted by atomic mass is 10.0. The zero-order valence-electron chi connectivity index (χ0n) is 12.9. The molecule has 126 valence electrons. The average molecular weight is 348 g/mol. The van der Waals surface area contributed by atoms with Crippen molar-refractivity contribution in [3.63, 3.8) is 0 Å². The standard InChI is InChI=1S/C17H17FN2O3S/c18-14-4-1-3-13(11-14)16-5-2-10-20(16)17(21)12-6-8-15(9-7-12)24(19,22)23/h1,3-4,6-9,11,16H,2,5,10H2,(H2,19,22,23). The van der Waals surface area contributed by atoms with Crippen LogP contribution in [0, 0.1) is 5.82 Å². The number of primary sulfonamides is 1. The van der Waals surface area contributed by atoms with E-state index >= 15 is 0 Å². The Bertz CT molecular complexity index is 866. The molecule has 0 radical (unpaired) electrons. The summed E-state index contributed by atoms with van der Waals surface area (Å²) in [6.45, 7) is 0.580. The van der Waals surface area contributed by atoms with Gasteiger partial charge in [-0.3, -0.25) is 4.79 Å². The molecule has 5 nitrogen and oxygen atoms in total. The summed E-state index contributed by atoms with van der Waals surface area (Å²) in [7, 11) is -3.79. The molecule has 1 saturated heterocycles. The summed E-state index contributed by atoms with van der Waals surface area (Å²) in [5, 5.41) is 5.06. The van der Waals surface area contributed by atoms with Gasteiger partial charge in [-0.05, 0) is 54.8 Å². The van der Waals surface area contributed by atoms with Crippen LogP contribution in [0.15, 0.2) is 53.4 Å². The van der Waals surface area contributed by atoms with Crippen molar-refractivity contribution in [2.24, 2.45) is 5.14 Å². The van der Waals surface area contributed by atoms with Gasteiger partial charge in [0, 0.05) is 12.1 Å². The number of hydrogen-bond donors (Lipinski definition) is 1. The van der Waals surface area contributed by atoms with Crippen molar-refractivity contribution in [1.29, 1.82) is 0 Å². The van der Waals surface area contributed by atoms with E-state index in [1.807, 2.05) is 6.07 Å². The van der Waals surface area contributed by atoms with E-state index < -0.39 is 10.0 Å². The lowest BCUT2D eigenvalue weighted by molar-refractivity contribution is 0.0735. The largest absolute Gasteiger partial charge is 0.332 e. The molecule has 24 heavy (non-hydrogen) atoms. The van der Waals surface area contributed by atoms with Crippen molar-refractivity contribution < 1.29 is 17.6 Å². The Kier molecular flexibility index (Phi) is 4.38. The minimum absolute atomic E-state index is 0.0397. The molecule has 1 aliphatic heterocycles. The molecule has 2 N–H and O–H groups in total. The van der Waals surface area contributed by atoms with E-state index in [0.29, 0.717) is 12.1 Å². The van der Waals surface area contributed by atoms with Crippen molar-refractivity contribution in [1.82, 2.24) is 4.90 Å². The lowest BCUT2D eigenvalue weighted by Crippen LogP contribution is -2.30. The maximum atomic E-state index is 13.5. The van der Waals surface area contributed by atoms with E-state index in [1.165, 1.54) is 36.4 Å². The molecule has 2 aromatic rings. The van der Waals surface area contributed by atoms with Gasteiger partial charge < -0.3 is 4.90 Å². The molecule has 7 heteroatoms. The molecule has 0 saturated carbocycles. The Morgan fingerprint density at radius 1 is 1.17 bits per heavy atom. The Morgan fingerprint density at radius 2 is 1.88 bits per heavy atom. The fraction of sp³-hybridized carbons (Fsp3) is 0.235. The molecule has 1 atom stereocenters. The van der Waals surface area contributed by atoms with Crippen LogP contribution in [0.2, 0.25) is 0 Å².